The first-order valence-corrected chi connectivity index (χ1v) is 8.35. The third-order valence-corrected chi connectivity index (χ3v) is 4.57. The van der Waals surface area contributed by atoms with Crippen molar-refractivity contribution in [3.05, 3.63) is 64.1 Å². The molecule has 3 N–H and O–H groups in total. The summed E-state index contributed by atoms with van der Waals surface area (Å²) in [5.74, 6) is -0.102. The molecule has 114 valence electrons. The highest BCUT2D eigenvalue weighted by Gasteiger charge is 2.14. The monoisotopic (exact) mass is 317 g/mol. The molecule has 0 saturated heterocycles. The van der Waals surface area contributed by atoms with Crippen LogP contribution in [-0.2, 0) is 15.8 Å². The lowest BCUT2D eigenvalue weighted by Gasteiger charge is -2.10. The molecule has 0 atom stereocenters. The molecule has 7 heteroatoms. The fourth-order valence-corrected chi connectivity index (χ4v) is 3.56. The van der Waals surface area contributed by atoms with Crippen LogP contribution in [0.4, 0.5) is 5.69 Å². The molecule has 22 heavy (non-hydrogen) atoms. The van der Waals surface area contributed by atoms with Gasteiger partial charge >= 0.3 is 5.69 Å². The van der Waals surface area contributed by atoms with Crippen LogP contribution in [0.3, 0.4) is 0 Å². The van der Waals surface area contributed by atoms with Gasteiger partial charge < -0.3 is 9.97 Å². The minimum atomic E-state index is -3.52. The third kappa shape index (κ3) is 3.04. The fourth-order valence-electron chi connectivity index (χ4n) is 2.30. The van der Waals surface area contributed by atoms with Gasteiger partial charge in [-0.3, -0.25) is 4.72 Å². The van der Waals surface area contributed by atoms with Crippen molar-refractivity contribution in [2.24, 2.45) is 0 Å². The summed E-state index contributed by atoms with van der Waals surface area (Å²) in [5, 5.41) is 0. The largest absolute Gasteiger partial charge is 0.323 e. The number of aromatic amines is 2. The van der Waals surface area contributed by atoms with Crippen molar-refractivity contribution in [1.29, 1.82) is 0 Å². The first-order valence-electron chi connectivity index (χ1n) is 6.70. The van der Waals surface area contributed by atoms with E-state index in [0.717, 1.165) is 5.56 Å². The maximum Gasteiger partial charge on any atom is 0.323 e. The van der Waals surface area contributed by atoms with Gasteiger partial charge in [-0.05, 0) is 30.2 Å². The molecule has 1 heterocycles. The minimum absolute atomic E-state index is 0.102. The van der Waals surface area contributed by atoms with Crippen LogP contribution < -0.4 is 10.4 Å². The number of hydrogen-bond donors (Lipinski definition) is 3. The zero-order chi connectivity index (χ0) is 15.7. The Bertz CT molecular complexity index is 972. The molecule has 0 spiro atoms. The second kappa shape index (κ2) is 5.34. The lowest BCUT2D eigenvalue weighted by Crippen LogP contribution is -2.15. The first kappa shape index (κ1) is 14.4. The number of aryl methyl sites for hydroxylation is 1. The van der Waals surface area contributed by atoms with Gasteiger partial charge in [0.05, 0.1) is 22.5 Å². The van der Waals surface area contributed by atoms with E-state index in [1.54, 1.807) is 43.3 Å². The molecule has 0 aliphatic heterocycles. The number of imidazole rings is 1. The zero-order valence-corrected chi connectivity index (χ0v) is 12.7. The van der Waals surface area contributed by atoms with E-state index < -0.39 is 10.0 Å². The SMILES string of the molecule is Cc1cc2[nH]c(=O)[nH]c2cc1NS(=O)(=O)Cc1ccccc1. The maximum absolute atomic E-state index is 12.3. The zero-order valence-electron chi connectivity index (χ0n) is 11.9. The summed E-state index contributed by atoms with van der Waals surface area (Å²) in [4.78, 5) is 16.5. The first-order chi connectivity index (χ1) is 10.4. The van der Waals surface area contributed by atoms with Crippen LogP contribution in [0.2, 0.25) is 0 Å². The Hall–Kier alpha value is -2.54. The summed E-state index contributed by atoms with van der Waals surface area (Å²) in [6, 6.07) is 12.3. The standard InChI is InChI=1S/C15H15N3O3S/c1-10-7-13-14(17-15(19)16-13)8-12(10)18-22(20,21)9-11-5-3-2-4-6-11/h2-8,18H,9H2,1H3,(H2,16,17,19). The topological polar surface area (TPSA) is 94.8 Å². The second-order valence-electron chi connectivity index (χ2n) is 5.14. The van der Waals surface area contributed by atoms with Crippen LogP contribution in [0.15, 0.2) is 47.3 Å². The van der Waals surface area contributed by atoms with Crippen LogP contribution in [0.25, 0.3) is 11.0 Å². The van der Waals surface area contributed by atoms with E-state index in [1.165, 1.54) is 0 Å². The van der Waals surface area contributed by atoms with Crippen molar-refractivity contribution in [1.82, 2.24) is 9.97 Å². The smallest absolute Gasteiger partial charge is 0.306 e. The third-order valence-electron chi connectivity index (χ3n) is 3.33. The van der Waals surface area contributed by atoms with E-state index in [4.69, 9.17) is 0 Å². The van der Waals surface area contributed by atoms with E-state index in [-0.39, 0.29) is 11.4 Å². The Balaban J connectivity index is 1.91. The average Bonchev–Trinajstić information content (AvgIpc) is 2.78. The van der Waals surface area contributed by atoms with Gasteiger partial charge in [0, 0.05) is 0 Å². The Morgan fingerprint density at radius 3 is 2.36 bits per heavy atom. The number of anilines is 1. The summed E-state index contributed by atoms with van der Waals surface area (Å²) >= 11 is 0. The van der Waals surface area contributed by atoms with Gasteiger partial charge in [-0.2, -0.15) is 0 Å². The molecular formula is C15H15N3O3S. The van der Waals surface area contributed by atoms with E-state index >= 15 is 0 Å². The van der Waals surface area contributed by atoms with Crippen molar-refractivity contribution in [2.45, 2.75) is 12.7 Å². The van der Waals surface area contributed by atoms with E-state index in [2.05, 4.69) is 14.7 Å². The number of nitrogens with one attached hydrogen (secondary N) is 3. The van der Waals surface area contributed by atoms with E-state index in [9.17, 15) is 13.2 Å². The summed E-state index contributed by atoms with van der Waals surface area (Å²) < 4.78 is 27.1. The van der Waals surface area contributed by atoms with Gasteiger partial charge in [-0.1, -0.05) is 30.3 Å². The number of hydrogen-bond acceptors (Lipinski definition) is 3. The highest BCUT2D eigenvalue weighted by Crippen LogP contribution is 2.22. The molecular weight excluding hydrogens is 302 g/mol. The molecule has 0 fully saturated rings. The number of aromatic nitrogens is 2. The highest BCUT2D eigenvalue weighted by atomic mass is 32.2. The van der Waals surface area contributed by atoms with Crippen molar-refractivity contribution in [2.75, 3.05) is 4.72 Å². The molecule has 3 rings (SSSR count). The van der Waals surface area contributed by atoms with Gasteiger partial charge in [0.25, 0.3) is 0 Å². The van der Waals surface area contributed by atoms with Gasteiger partial charge in [-0.25, -0.2) is 13.2 Å². The van der Waals surface area contributed by atoms with Gasteiger partial charge in [0.15, 0.2) is 0 Å². The van der Waals surface area contributed by atoms with Crippen molar-refractivity contribution >= 4 is 26.7 Å². The van der Waals surface area contributed by atoms with Crippen LogP contribution >= 0.6 is 0 Å². The van der Waals surface area contributed by atoms with Crippen LogP contribution in [0.5, 0.6) is 0 Å². The number of rotatable bonds is 4. The van der Waals surface area contributed by atoms with Gasteiger partial charge in [0.2, 0.25) is 10.0 Å². The molecule has 0 aliphatic rings. The van der Waals surface area contributed by atoms with E-state index in [0.29, 0.717) is 22.3 Å². The normalized spacial score (nSPS) is 11.7. The lowest BCUT2D eigenvalue weighted by molar-refractivity contribution is 0.600. The summed E-state index contributed by atoms with van der Waals surface area (Å²) in [7, 11) is -3.52. The minimum Gasteiger partial charge on any atom is -0.306 e. The van der Waals surface area contributed by atoms with E-state index in [1.807, 2.05) is 6.07 Å². The van der Waals surface area contributed by atoms with Crippen molar-refractivity contribution in [3.8, 4) is 0 Å². The molecule has 6 nitrogen and oxygen atoms in total. The quantitative estimate of drug-likeness (QED) is 0.688. The summed E-state index contributed by atoms with van der Waals surface area (Å²) in [5.41, 5.74) is 2.79. The van der Waals surface area contributed by atoms with Gasteiger partial charge in [0.1, 0.15) is 0 Å². The molecule has 0 unspecified atom stereocenters. The molecule has 2 aromatic carbocycles. The molecule has 0 bridgehead atoms. The van der Waals surface area contributed by atoms with Crippen molar-refractivity contribution < 1.29 is 8.42 Å². The Morgan fingerprint density at radius 2 is 1.68 bits per heavy atom. The molecule has 0 saturated carbocycles. The Kier molecular flexibility index (Phi) is 3.50. The number of H-pyrrole nitrogens is 2. The van der Waals surface area contributed by atoms with Crippen LogP contribution in [0.1, 0.15) is 11.1 Å². The second-order valence-corrected chi connectivity index (χ2v) is 6.86. The lowest BCUT2D eigenvalue weighted by atomic mass is 10.2. The van der Waals surface area contributed by atoms with Crippen LogP contribution in [-0.4, -0.2) is 18.4 Å². The molecule has 3 aromatic rings. The maximum atomic E-state index is 12.3. The highest BCUT2D eigenvalue weighted by molar-refractivity contribution is 7.91. The predicted octanol–water partition coefficient (Wildman–Crippen LogP) is 2.11. The van der Waals surface area contributed by atoms with Crippen LogP contribution in [0, 0.1) is 6.92 Å². The number of benzene rings is 2. The summed E-state index contributed by atoms with van der Waals surface area (Å²) in [6.45, 7) is 1.78. The predicted molar refractivity (Wildman–Crippen MR) is 86.3 cm³/mol. The fraction of sp³-hybridized carbons (Fsp3) is 0.133. The Morgan fingerprint density at radius 1 is 1.05 bits per heavy atom. The summed E-state index contributed by atoms with van der Waals surface area (Å²) in [6.07, 6.45) is 0. The number of fused-ring (bicyclic) bond motifs is 1. The molecule has 0 radical (unpaired) electrons. The van der Waals surface area contributed by atoms with Gasteiger partial charge in [-0.15, -0.1) is 0 Å². The average molecular weight is 317 g/mol. The van der Waals surface area contributed by atoms with Crippen molar-refractivity contribution in [3.63, 3.8) is 0 Å². The molecule has 1 aromatic heterocycles. The number of sulfonamides is 1. The molecule has 0 aliphatic carbocycles. The molecule has 0 amide bonds. The Labute approximate surface area is 127 Å².